The largest absolute Gasteiger partial charge is 0.508 e. The molecule has 0 saturated heterocycles. The fourth-order valence-corrected chi connectivity index (χ4v) is 8.07. The van der Waals surface area contributed by atoms with Crippen LogP contribution in [0, 0.1) is 34.0 Å². The maximum atomic E-state index is 13.3. The molecule has 2 aliphatic carbocycles. The number of phenolic OH excluding ortho intramolecular Hbond substituents is 1. The van der Waals surface area contributed by atoms with E-state index in [2.05, 4.69) is 80.3 Å². The number of phenols is 1. The van der Waals surface area contributed by atoms with Gasteiger partial charge in [0.2, 0.25) is 0 Å². The van der Waals surface area contributed by atoms with Crippen molar-refractivity contribution >= 4 is 37.8 Å². The smallest absolute Gasteiger partial charge is 0.338 e. The van der Waals surface area contributed by atoms with Crippen molar-refractivity contribution in [3.8, 4) is 5.75 Å². The minimum absolute atomic E-state index is 0.0852. The number of carbonyl (C=O) groups excluding carboxylic acids is 1. The maximum absolute atomic E-state index is 13.3. The molecule has 2 bridgehead atoms. The fourth-order valence-electron chi connectivity index (χ4n) is 7.29. The Morgan fingerprint density at radius 1 is 1.06 bits per heavy atom. The molecule has 1 heterocycles. The highest BCUT2D eigenvalue weighted by molar-refractivity contribution is 9.10. The number of rotatable bonds is 1. The predicted molar refractivity (Wildman–Crippen MR) is 146 cm³/mol. The number of hydrogen-bond acceptors (Lipinski definition) is 3. The zero-order chi connectivity index (χ0) is 25.3. The van der Waals surface area contributed by atoms with Crippen molar-refractivity contribution in [2.24, 2.45) is 34.0 Å². The van der Waals surface area contributed by atoms with E-state index >= 15 is 0 Å². The Labute approximate surface area is 223 Å². The van der Waals surface area contributed by atoms with Gasteiger partial charge in [-0.1, -0.05) is 66.5 Å². The minimum atomic E-state index is -0.330. The molecule has 1 aliphatic heterocycles. The number of aromatic hydroxyl groups is 1. The molecule has 1 N–H and O–H groups in total. The predicted octanol–water partition coefficient (Wildman–Crippen LogP) is 8.30. The second kappa shape index (κ2) is 8.78. The van der Waals surface area contributed by atoms with Gasteiger partial charge in [-0.15, -0.1) is 0 Å². The normalized spacial score (nSPS) is 37.6. The summed E-state index contributed by atoms with van der Waals surface area (Å²) in [6.07, 6.45) is 5.96. The molecule has 5 heteroatoms. The van der Waals surface area contributed by atoms with Crippen LogP contribution < -0.4 is 0 Å². The highest BCUT2D eigenvalue weighted by Gasteiger charge is 2.68. The van der Waals surface area contributed by atoms with Crippen LogP contribution >= 0.6 is 31.9 Å². The number of halogens is 2. The molecule has 0 aromatic heterocycles. The molecule has 34 heavy (non-hydrogen) atoms. The Balaban J connectivity index is 1.75. The summed E-state index contributed by atoms with van der Waals surface area (Å²) in [7, 11) is 0. The molecule has 3 aliphatic rings. The van der Waals surface area contributed by atoms with Gasteiger partial charge in [0.25, 0.3) is 0 Å². The van der Waals surface area contributed by atoms with E-state index in [9.17, 15) is 9.90 Å². The standard InChI is InChI=1S/C29H42Br2O3/c1-26(2)12-11-24(28(5,6)31)34-25(33)17-8-9-21(32)18(14-17)15-22-27(3,4)19-16-20(19)29(22,7)13-10-23(26)30/h8-9,14,19-20,22-24,32H,10-13,15-16H2,1-7H3/t19?,20?,22?,23-,24+,29-/m1/s1. The number of benzene rings is 1. The van der Waals surface area contributed by atoms with Crippen molar-refractivity contribution in [2.45, 2.75) is 102 Å². The Hall–Kier alpha value is -0.550. The SMILES string of the molecule is CC1(C)C2CC2[C@@]2(C)CC[C@@H](Br)C(C)(C)CC[C@@H](C(C)(C)Br)OC(=O)c3ccc(O)c(c3)CC12. The topological polar surface area (TPSA) is 46.5 Å². The second-order valence-corrected chi connectivity index (χ2v) is 16.5. The van der Waals surface area contributed by atoms with Crippen LogP contribution in [0.2, 0.25) is 0 Å². The number of fused-ring (bicyclic) bond motifs is 5. The molecule has 2 fully saturated rings. The lowest BCUT2D eigenvalue weighted by Crippen LogP contribution is -2.38. The van der Waals surface area contributed by atoms with Crippen LogP contribution in [0.5, 0.6) is 5.75 Å². The molecule has 2 saturated carbocycles. The van der Waals surface area contributed by atoms with E-state index in [4.69, 9.17) is 4.74 Å². The molecule has 1 aromatic carbocycles. The summed E-state index contributed by atoms with van der Waals surface area (Å²) in [6.45, 7) is 16.2. The molecule has 3 nitrogen and oxygen atoms in total. The summed E-state index contributed by atoms with van der Waals surface area (Å²) in [5, 5.41) is 10.8. The first kappa shape index (κ1) is 26.5. The van der Waals surface area contributed by atoms with Gasteiger partial charge in [0.1, 0.15) is 11.9 Å². The molecular formula is C29H42Br2O3. The average Bonchev–Trinajstić information content (AvgIpc) is 3.52. The van der Waals surface area contributed by atoms with Gasteiger partial charge in [-0.05, 0) is 110 Å². The number of esters is 1. The van der Waals surface area contributed by atoms with Crippen molar-refractivity contribution in [2.75, 3.05) is 0 Å². The van der Waals surface area contributed by atoms with Crippen molar-refractivity contribution in [3.05, 3.63) is 29.3 Å². The quantitative estimate of drug-likeness (QED) is 0.261. The molecule has 0 amide bonds. The zero-order valence-corrected chi connectivity index (χ0v) is 25.1. The van der Waals surface area contributed by atoms with Crippen molar-refractivity contribution < 1.29 is 14.6 Å². The molecule has 4 rings (SSSR count). The Morgan fingerprint density at radius 2 is 1.74 bits per heavy atom. The third-order valence-corrected chi connectivity index (χ3v) is 12.1. The third-order valence-electron chi connectivity index (χ3n) is 9.88. The lowest BCUT2D eigenvalue weighted by Gasteiger charge is -2.43. The fraction of sp³-hybridized carbons (Fsp3) is 0.759. The average molecular weight is 598 g/mol. The second-order valence-electron chi connectivity index (χ2n) is 13.4. The van der Waals surface area contributed by atoms with E-state index in [-0.39, 0.29) is 38.4 Å². The van der Waals surface area contributed by atoms with E-state index in [0.29, 0.717) is 16.3 Å². The molecule has 0 spiro atoms. The lowest BCUT2D eigenvalue weighted by atomic mass is 9.62. The van der Waals surface area contributed by atoms with E-state index < -0.39 is 0 Å². The summed E-state index contributed by atoms with van der Waals surface area (Å²) in [4.78, 5) is 13.6. The number of hydrogen-bond donors (Lipinski definition) is 1. The van der Waals surface area contributed by atoms with Crippen molar-refractivity contribution in [1.82, 2.24) is 0 Å². The number of alkyl halides is 2. The summed E-state index contributed by atoms with van der Waals surface area (Å²) < 4.78 is 5.76. The molecule has 190 valence electrons. The van der Waals surface area contributed by atoms with Crippen molar-refractivity contribution in [3.63, 3.8) is 0 Å². The molecule has 1 aromatic rings. The molecule has 6 atom stereocenters. The van der Waals surface area contributed by atoms with Crippen LogP contribution in [-0.2, 0) is 11.2 Å². The van der Waals surface area contributed by atoms with E-state index in [0.717, 1.165) is 43.1 Å². The first-order chi connectivity index (χ1) is 15.6. The van der Waals surface area contributed by atoms with Gasteiger partial charge < -0.3 is 9.84 Å². The number of ether oxygens (including phenoxy) is 1. The molecule has 0 radical (unpaired) electrons. The van der Waals surface area contributed by atoms with E-state index in [1.165, 1.54) is 12.8 Å². The lowest BCUT2D eigenvalue weighted by molar-refractivity contribution is 0.0177. The Morgan fingerprint density at radius 3 is 2.38 bits per heavy atom. The highest BCUT2D eigenvalue weighted by Crippen LogP contribution is 2.74. The summed E-state index contributed by atoms with van der Waals surface area (Å²) in [5.74, 6) is 1.97. The third kappa shape index (κ3) is 4.74. The van der Waals surface area contributed by atoms with Crippen LogP contribution in [0.15, 0.2) is 18.2 Å². The van der Waals surface area contributed by atoms with E-state index in [1.807, 2.05) is 6.07 Å². The number of cyclic esters (lactones) is 1. The van der Waals surface area contributed by atoms with Crippen LogP contribution in [0.25, 0.3) is 0 Å². The van der Waals surface area contributed by atoms with Crippen LogP contribution in [0.3, 0.4) is 0 Å². The first-order valence-electron chi connectivity index (χ1n) is 12.9. The zero-order valence-electron chi connectivity index (χ0n) is 21.9. The van der Waals surface area contributed by atoms with Crippen LogP contribution in [0.4, 0.5) is 0 Å². The van der Waals surface area contributed by atoms with Gasteiger partial charge in [0, 0.05) is 4.83 Å². The Bertz CT molecular complexity index is 947. The summed E-state index contributed by atoms with van der Waals surface area (Å²) in [6, 6.07) is 5.26. The van der Waals surface area contributed by atoms with Gasteiger partial charge >= 0.3 is 5.97 Å². The Kier molecular flexibility index (Phi) is 6.85. The highest BCUT2D eigenvalue weighted by atomic mass is 79.9. The first-order valence-corrected chi connectivity index (χ1v) is 14.6. The van der Waals surface area contributed by atoms with Gasteiger partial charge in [-0.3, -0.25) is 0 Å². The van der Waals surface area contributed by atoms with Crippen LogP contribution in [-0.4, -0.2) is 26.3 Å². The minimum Gasteiger partial charge on any atom is -0.508 e. The van der Waals surface area contributed by atoms with Crippen LogP contribution in [0.1, 0.15) is 96.5 Å². The van der Waals surface area contributed by atoms with Gasteiger partial charge in [-0.25, -0.2) is 4.79 Å². The van der Waals surface area contributed by atoms with E-state index in [1.54, 1.807) is 12.1 Å². The van der Waals surface area contributed by atoms with Gasteiger partial charge in [0.05, 0.1) is 9.89 Å². The molecule has 3 unspecified atom stereocenters. The maximum Gasteiger partial charge on any atom is 0.338 e. The van der Waals surface area contributed by atoms with Gasteiger partial charge in [-0.2, -0.15) is 0 Å². The number of carbonyl (C=O) groups is 1. The van der Waals surface area contributed by atoms with Gasteiger partial charge in [0.15, 0.2) is 0 Å². The summed E-state index contributed by atoms with van der Waals surface area (Å²) >= 11 is 7.85. The molecular weight excluding hydrogens is 556 g/mol. The van der Waals surface area contributed by atoms with Crippen molar-refractivity contribution in [1.29, 1.82) is 0 Å². The monoisotopic (exact) mass is 596 g/mol. The summed E-state index contributed by atoms with van der Waals surface area (Å²) in [5.41, 5.74) is 1.95.